The van der Waals surface area contributed by atoms with Crippen LogP contribution in [0.3, 0.4) is 0 Å². The summed E-state index contributed by atoms with van der Waals surface area (Å²) < 4.78 is 6.50. The van der Waals surface area contributed by atoms with E-state index in [0.717, 1.165) is 47.9 Å². The van der Waals surface area contributed by atoms with E-state index in [-0.39, 0.29) is 6.10 Å². The van der Waals surface area contributed by atoms with Crippen LogP contribution in [-0.2, 0) is 11.2 Å². The lowest BCUT2D eigenvalue weighted by molar-refractivity contribution is -0.0289. The number of benzene rings is 1. The molecule has 5 heteroatoms. The van der Waals surface area contributed by atoms with Crippen molar-refractivity contribution in [3.05, 3.63) is 39.9 Å². The first-order valence-corrected chi connectivity index (χ1v) is 10.6. The van der Waals surface area contributed by atoms with E-state index in [2.05, 4.69) is 19.2 Å². The quantitative estimate of drug-likeness (QED) is 0.542. The van der Waals surface area contributed by atoms with Crippen LogP contribution >= 0.6 is 22.9 Å². The third-order valence-electron chi connectivity index (χ3n) is 4.57. The smallest absolute Gasteiger partial charge is 0.187 e. The Morgan fingerprint density at radius 2 is 1.96 bits per heavy atom. The fourth-order valence-corrected chi connectivity index (χ4v) is 4.61. The van der Waals surface area contributed by atoms with Crippen molar-refractivity contribution in [2.45, 2.75) is 71.0 Å². The first-order chi connectivity index (χ1) is 12.2. The Morgan fingerprint density at radius 1 is 1.24 bits per heavy atom. The lowest BCUT2D eigenvalue weighted by Gasteiger charge is -2.27. The van der Waals surface area contributed by atoms with Crippen LogP contribution in [0.15, 0.2) is 24.3 Å². The summed E-state index contributed by atoms with van der Waals surface area (Å²) in [7, 11) is 0. The van der Waals surface area contributed by atoms with E-state index in [1.807, 2.05) is 24.3 Å². The van der Waals surface area contributed by atoms with Gasteiger partial charge in [-0.25, -0.2) is 4.98 Å². The lowest BCUT2D eigenvalue weighted by Crippen LogP contribution is -2.19. The number of anilines is 2. The van der Waals surface area contributed by atoms with Gasteiger partial charge in [0.15, 0.2) is 5.13 Å². The summed E-state index contributed by atoms with van der Waals surface area (Å²) in [6, 6.07) is 7.75. The minimum atomic E-state index is 0.213. The van der Waals surface area contributed by atoms with Gasteiger partial charge < -0.3 is 10.1 Å². The zero-order valence-electron chi connectivity index (χ0n) is 15.1. The molecule has 0 amide bonds. The van der Waals surface area contributed by atoms with Gasteiger partial charge in [-0.1, -0.05) is 49.6 Å². The van der Waals surface area contributed by atoms with E-state index in [1.54, 1.807) is 11.3 Å². The van der Waals surface area contributed by atoms with Gasteiger partial charge in [-0.3, -0.25) is 0 Å². The number of aromatic nitrogens is 1. The van der Waals surface area contributed by atoms with Crippen molar-refractivity contribution >= 4 is 33.8 Å². The molecule has 1 heterocycles. The second-order valence-electron chi connectivity index (χ2n) is 6.68. The lowest BCUT2D eigenvalue weighted by atomic mass is 9.99. The number of hydrogen-bond acceptors (Lipinski definition) is 4. The Bertz CT molecular complexity index is 665. The molecule has 0 spiro atoms. The van der Waals surface area contributed by atoms with Gasteiger partial charge in [0.1, 0.15) is 0 Å². The number of fused-ring (bicyclic) bond motifs is 1. The molecular formula is C20H27ClN2OS. The number of rotatable bonds is 8. The maximum absolute atomic E-state index is 6.50. The highest BCUT2D eigenvalue weighted by molar-refractivity contribution is 7.15. The van der Waals surface area contributed by atoms with Crippen molar-refractivity contribution in [3.8, 4) is 0 Å². The second kappa shape index (κ2) is 9.02. The van der Waals surface area contributed by atoms with Crippen LogP contribution in [0.1, 0.15) is 69.0 Å². The number of thiazole rings is 1. The van der Waals surface area contributed by atoms with Crippen LogP contribution in [0.25, 0.3) is 0 Å². The monoisotopic (exact) mass is 378 g/mol. The molecule has 136 valence electrons. The van der Waals surface area contributed by atoms with Crippen molar-refractivity contribution in [2.24, 2.45) is 0 Å². The maximum atomic E-state index is 6.50. The third-order valence-corrected chi connectivity index (χ3v) is 5.93. The summed E-state index contributed by atoms with van der Waals surface area (Å²) in [4.78, 5) is 6.13. The molecular weight excluding hydrogens is 352 g/mol. The highest BCUT2D eigenvalue weighted by atomic mass is 35.5. The van der Waals surface area contributed by atoms with Gasteiger partial charge in [0.25, 0.3) is 0 Å². The molecule has 0 fully saturated rings. The molecule has 0 saturated heterocycles. The highest BCUT2D eigenvalue weighted by Gasteiger charge is 2.27. The van der Waals surface area contributed by atoms with Crippen molar-refractivity contribution in [3.63, 3.8) is 0 Å². The summed E-state index contributed by atoms with van der Waals surface area (Å²) in [6.45, 7) is 4.47. The molecule has 1 atom stereocenters. The number of ether oxygens (including phenoxy) is 1. The molecule has 0 saturated carbocycles. The normalized spacial score (nSPS) is 16.9. The largest absolute Gasteiger partial charge is 0.369 e. The minimum Gasteiger partial charge on any atom is -0.369 e. The molecule has 1 aromatic carbocycles. The zero-order chi connectivity index (χ0) is 17.6. The summed E-state index contributed by atoms with van der Waals surface area (Å²) in [5.41, 5.74) is 2.23. The first kappa shape index (κ1) is 18.7. The predicted molar refractivity (Wildman–Crippen MR) is 107 cm³/mol. The number of hydrogen-bond donors (Lipinski definition) is 1. The summed E-state index contributed by atoms with van der Waals surface area (Å²) in [6.07, 6.45) is 8.56. The third kappa shape index (κ3) is 4.96. The van der Waals surface area contributed by atoms with E-state index in [0.29, 0.717) is 6.10 Å². The van der Waals surface area contributed by atoms with Crippen LogP contribution in [-0.4, -0.2) is 11.1 Å². The Kier molecular flexibility index (Phi) is 6.74. The molecule has 1 aromatic heterocycles. The fourth-order valence-electron chi connectivity index (χ4n) is 3.38. The van der Waals surface area contributed by atoms with E-state index in [1.165, 1.54) is 23.4 Å². The van der Waals surface area contributed by atoms with Gasteiger partial charge in [-0.05, 0) is 56.4 Å². The van der Waals surface area contributed by atoms with Gasteiger partial charge in [0.2, 0.25) is 0 Å². The molecule has 3 rings (SSSR count). The Morgan fingerprint density at radius 3 is 2.64 bits per heavy atom. The van der Waals surface area contributed by atoms with Gasteiger partial charge >= 0.3 is 0 Å². The summed E-state index contributed by atoms with van der Waals surface area (Å²) >= 11 is 7.70. The van der Waals surface area contributed by atoms with E-state index < -0.39 is 0 Å². The number of halogens is 1. The highest BCUT2D eigenvalue weighted by Crippen LogP contribution is 2.40. The van der Waals surface area contributed by atoms with E-state index >= 15 is 0 Å². The van der Waals surface area contributed by atoms with Crippen molar-refractivity contribution in [1.82, 2.24) is 4.98 Å². The molecule has 1 aliphatic carbocycles. The summed E-state index contributed by atoms with van der Waals surface area (Å²) in [5, 5.41) is 5.10. The van der Waals surface area contributed by atoms with Gasteiger partial charge in [-0.15, -0.1) is 0 Å². The molecule has 2 aromatic rings. The van der Waals surface area contributed by atoms with Gasteiger partial charge in [0.05, 0.1) is 22.8 Å². The standard InChI is InChI=1S/C20H27ClN2OS/c1-3-6-16(7-4-2)24-18-9-5-8-17-19(18)25-20(23-17)22-15-12-10-14(21)11-13-15/h10-13,16,18H,3-9H2,1-2H3,(H,22,23). The van der Waals surface area contributed by atoms with Crippen LogP contribution in [0, 0.1) is 0 Å². The van der Waals surface area contributed by atoms with Crippen LogP contribution < -0.4 is 5.32 Å². The number of aryl methyl sites for hydroxylation is 1. The molecule has 1 unspecified atom stereocenters. The Balaban J connectivity index is 1.72. The molecule has 1 aliphatic rings. The topological polar surface area (TPSA) is 34.1 Å². The number of nitrogens with zero attached hydrogens (tertiary/aromatic N) is 1. The van der Waals surface area contributed by atoms with E-state index in [9.17, 15) is 0 Å². The molecule has 0 radical (unpaired) electrons. The Hall–Kier alpha value is -1.10. The molecule has 0 bridgehead atoms. The van der Waals surface area contributed by atoms with E-state index in [4.69, 9.17) is 21.3 Å². The second-order valence-corrected chi connectivity index (χ2v) is 8.15. The predicted octanol–water partition coefficient (Wildman–Crippen LogP) is 6.90. The van der Waals surface area contributed by atoms with Crippen LogP contribution in [0.4, 0.5) is 10.8 Å². The molecule has 1 N–H and O–H groups in total. The van der Waals surface area contributed by atoms with Crippen LogP contribution in [0.2, 0.25) is 5.02 Å². The average Bonchev–Trinajstić information content (AvgIpc) is 3.01. The zero-order valence-corrected chi connectivity index (χ0v) is 16.6. The molecule has 25 heavy (non-hydrogen) atoms. The molecule has 3 nitrogen and oxygen atoms in total. The maximum Gasteiger partial charge on any atom is 0.187 e. The first-order valence-electron chi connectivity index (χ1n) is 9.37. The minimum absolute atomic E-state index is 0.213. The van der Waals surface area contributed by atoms with Crippen LogP contribution in [0.5, 0.6) is 0 Å². The van der Waals surface area contributed by atoms with Crippen molar-refractivity contribution < 1.29 is 4.74 Å². The SMILES string of the molecule is CCCC(CCC)OC1CCCc2nc(Nc3ccc(Cl)cc3)sc21. The van der Waals surface area contributed by atoms with Gasteiger partial charge in [-0.2, -0.15) is 0 Å². The van der Waals surface area contributed by atoms with Crippen molar-refractivity contribution in [2.75, 3.05) is 5.32 Å². The summed E-state index contributed by atoms with van der Waals surface area (Å²) in [5.74, 6) is 0. The molecule has 0 aliphatic heterocycles. The fraction of sp³-hybridized carbons (Fsp3) is 0.550. The number of nitrogens with one attached hydrogen (secondary N) is 1. The van der Waals surface area contributed by atoms with Crippen molar-refractivity contribution in [1.29, 1.82) is 0 Å². The average molecular weight is 379 g/mol. The Labute approximate surface area is 159 Å². The van der Waals surface area contributed by atoms with Gasteiger partial charge in [0, 0.05) is 10.7 Å².